The molecule has 6 nitrogen and oxygen atoms in total. The highest BCUT2D eigenvalue weighted by atomic mass is 35.5. The van der Waals surface area contributed by atoms with Gasteiger partial charge in [-0.3, -0.25) is 4.79 Å². The molecule has 0 heterocycles. The van der Waals surface area contributed by atoms with Gasteiger partial charge in [0.1, 0.15) is 5.75 Å². The molecule has 0 atom stereocenters. The van der Waals surface area contributed by atoms with Gasteiger partial charge >= 0.3 is 0 Å². The molecule has 0 radical (unpaired) electrons. The van der Waals surface area contributed by atoms with Crippen LogP contribution in [-0.2, 0) is 14.8 Å². The number of methoxy groups -OCH3 is 1. The van der Waals surface area contributed by atoms with E-state index >= 15 is 0 Å². The first-order chi connectivity index (χ1) is 12.2. The van der Waals surface area contributed by atoms with E-state index < -0.39 is 22.5 Å². The van der Waals surface area contributed by atoms with Gasteiger partial charge in [0, 0.05) is 5.69 Å². The molecule has 0 spiro atoms. The number of rotatable bonds is 7. The SMILES string of the molecule is COc1ccc(S(=O)(=O)NCC(=O)Nc2ccccc2C(C)C)cc1Cl. The summed E-state index contributed by atoms with van der Waals surface area (Å²) < 4.78 is 31.9. The van der Waals surface area contributed by atoms with Crippen LogP contribution < -0.4 is 14.8 Å². The minimum atomic E-state index is -3.87. The summed E-state index contributed by atoms with van der Waals surface area (Å²) in [5.74, 6) is 0.138. The average molecular weight is 397 g/mol. The maximum Gasteiger partial charge on any atom is 0.241 e. The third kappa shape index (κ3) is 4.97. The van der Waals surface area contributed by atoms with Crippen molar-refractivity contribution in [3.8, 4) is 5.75 Å². The summed E-state index contributed by atoms with van der Waals surface area (Å²) in [6, 6.07) is 11.5. The number of para-hydroxylation sites is 1. The number of anilines is 1. The van der Waals surface area contributed by atoms with Gasteiger partial charge in [-0.25, -0.2) is 13.1 Å². The van der Waals surface area contributed by atoms with E-state index in [4.69, 9.17) is 16.3 Å². The van der Waals surface area contributed by atoms with Gasteiger partial charge < -0.3 is 10.1 Å². The Labute approximate surface area is 158 Å². The van der Waals surface area contributed by atoms with E-state index in [1.807, 2.05) is 32.0 Å². The monoisotopic (exact) mass is 396 g/mol. The van der Waals surface area contributed by atoms with Crippen LogP contribution in [0.3, 0.4) is 0 Å². The maximum absolute atomic E-state index is 12.3. The Bertz CT molecular complexity index is 898. The number of sulfonamides is 1. The van der Waals surface area contributed by atoms with Crippen LogP contribution in [0.5, 0.6) is 5.75 Å². The fraction of sp³-hybridized carbons (Fsp3) is 0.278. The zero-order valence-corrected chi connectivity index (χ0v) is 16.3. The predicted octanol–water partition coefficient (Wildman–Crippen LogP) is 3.39. The largest absolute Gasteiger partial charge is 0.495 e. The van der Waals surface area contributed by atoms with Crippen LogP contribution in [0, 0.1) is 0 Å². The van der Waals surface area contributed by atoms with Crippen molar-refractivity contribution in [1.82, 2.24) is 4.72 Å². The van der Waals surface area contributed by atoms with E-state index in [2.05, 4.69) is 10.0 Å². The zero-order chi connectivity index (χ0) is 19.3. The van der Waals surface area contributed by atoms with Crippen LogP contribution in [0.4, 0.5) is 5.69 Å². The lowest BCUT2D eigenvalue weighted by atomic mass is 10.0. The first-order valence-corrected chi connectivity index (χ1v) is 9.82. The molecule has 1 amide bonds. The Hall–Kier alpha value is -2.09. The van der Waals surface area contributed by atoms with Gasteiger partial charge in [-0.2, -0.15) is 0 Å². The summed E-state index contributed by atoms with van der Waals surface area (Å²) in [6.45, 7) is 3.64. The van der Waals surface area contributed by atoms with Crippen molar-refractivity contribution in [2.24, 2.45) is 0 Å². The van der Waals surface area contributed by atoms with Gasteiger partial charge in [0.15, 0.2) is 0 Å². The van der Waals surface area contributed by atoms with Crippen molar-refractivity contribution >= 4 is 33.2 Å². The molecule has 2 rings (SSSR count). The van der Waals surface area contributed by atoms with Gasteiger partial charge in [0.2, 0.25) is 15.9 Å². The normalized spacial score (nSPS) is 11.4. The average Bonchev–Trinajstić information content (AvgIpc) is 2.60. The van der Waals surface area contributed by atoms with Crippen molar-refractivity contribution < 1.29 is 17.9 Å². The number of amides is 1. The highest BCUT2D eigenvalue weighted by molar-refractivity contribution is 7.89. The zero-order valence-electron chi connectivity index (χ0n) is 14.7. The Morgan fingerprint density at radius 1 is 1.19 bits per heavy atom. The Morgan fingerprint density at radius 2 is 1.88 bits per heavy atom. The van der Waals surface area contributed by atoms with Crippen LogP contribution >= 0.6 is 11.6 Å². The van der Waals surface area contributed by atoms with Crippen LogP contribution in [0.15, 0.2) is 47.4 Å². The predicted molar refractivity (Wildman–Crippen MR) is 102 cm³/mol. The minimum absolute atomic E-state index is 0.0429. The number of ether oxygens (including phenoxy) is 1. The first-order valence-electron chi connectivity index (χ1n) is 7.96. The van der Waals surface area contributed by atoms with Crippen LogP contribution in [-0.4, -0.2) is 28.0 Å². The van der Waals surface area contributed by atoms with E-state index in [-0.39, 0.29) is 15.8 Å². The van der Waals surface area contributed by atoms with Crippen molar-refractivity contribution in [1.29, 1.82) is 0 Å². The molecule has 0 bridgehead atoms. The third-order valence-corrected chi connectivity index (χ3v) is 5.41. The summed E-state index contributed by atoms with van der Waals surface area (Å²) in [5, 5.41) is 2.91. The molecule has 26 heavy (non-hydrogen) atoms. The summed E-state index contributed by atoms with van der Waals surface area (Å²) in [7, 11) is -2.43. The Balaban J connectivity index is 2.06. The molecule has 2 aromatic carbocycles. The molecular weight excluding hydrogens is 376 g/mol. The molecule has 0 aliphatic carbocycles. The lowest BCUT2D eigenvalue weighted by Crippen LogP contribution is -2.33. The highest BCUT2D eigenvalue weighted by Gasteiger charge is 2.18. The molecular formula is C18H21ClN2O4S. The van der Waals surface area contributed by atoms with Gasteiger partial charge in [0.05, 0.1) is 23.6 Å². The van der Waals surface area contributed by atoms with Crippen molar-refractivity contribution in [2.75, 3.05) is 19.0 Å². The minimum Gasteiger partial charge on any atom is -0.495 e. The number of hydrogen-bond donors (Lipinski definition) is 2. The van der Waals surface area contributed by atoms with Gasteiger partial charge in [-0.15, -0.1) is 0 Å². The summed E-state index contributed by atoms with van der Waals surface area (Å²) in [6.07, 6.45) is 0. The second kappa shape index (κ2) is 8.53. The topological polar surface area (TPSA) is 84.5 Å². The van der Waals surface area contributed by atoms with E-state index in [1.54, 1.807) is 6.07 Å². The Morgan fingerprint density at radius 3 is 2.50 bits per heavy atom. The molecule has 0 unspecified atom stereocenters. The fourth-order valence-electron chi connectivity index (χ4n) is 2.37. The summed E-state index contributed by atoms with van der Waals surface area (Å²) >= 11 is 5.96. The lowest BCUT2D eigenvalue weighted by molar-refractivity contribution is -0.115. The molecule has 140 valence electrons. The van der Waals surface area contributed by atoms with E-state index in [1.165, 1.54) is 25.3 Å². The van der Waals surface area contributed by atoms with E-state index in [0.29, 0.717) is 11.4 Å². The number of hydrogen-bond acceptors (Lipinski definition) is 4. The van der Waals surface area contributed by atoms with Gasteiger partial charge in [-0.1, -0.05) is 43.6 Å². The fourth-order valence-corrected chi connectivity index (χ4v) is 3.70. The summed E-state index contributed by atoms with van der Waals surface area (Å²) in [4.78, 5) is 12.1. The van der Waals surface area contributed by atoms with Crippen LogP contribution in [0.2, 0.25) is 5.02 Å². The quantitative estimate of drug-likeness (QED) is 0.751. The van der Waals surface area contributed by atoms with Crippen LogP contribution in [0.25, 0.3) is 0 Å². The molecule has 0 fully saturated rings. The van der Waals surface area contributed by atoms with Crippen molar-refractivity contribution in [3.63, 3.8) is 0 Å². The van der Waals surface area contributed by atoms with E-state index in [9.17, 15) is 13.2 Å². The third-order valence-electron chi connectivity index (χ3n) is 3.71. The molecule has 2 N–H and O–H groups in total. The number of benzene rings is 2. The van der Waals surface area contributed by atoms with Gasteiger partial charge in [0.25, 0.3) is 0 Å². The molecule has 0 aliphatic heterocycles. The second-order valence-electron chi connectivity index (χ2n) is 5.91. The van der Waals surface area contributed by atoms with Crippen molar-refractivity contribution in [3.05, 3.63) is 53.1 Å². The second-order valence-corrected chi connectivity index (χ2v) is 8.09. The highest BCUT2D eigenvalue weighted by Crippen LogP contribution is 2.27. The molecule has 8 heteroatoms. The van der Waals surface area contributed by atoms with Gasteiger partial charge in [-0.05, 0) is 35.7 Å². The molecule has 0 aliphatic rings. The molecule has 0 saturated carbocycles. The number of nitrogens with one attached hydrogen (secondary N) is 2. The number of carbonyl (C=O) groups is 1. The maximum atomic E-state index is 12.3. The molecule has 0 aromatic heterocycles. The number of carbonyl (C=O) groups excluding carboxylic acids is 1. The summed E-state index contributed by atoms with van der Waals surface area (Å²) in [5.41, 5.74) is 1.64. The Kier molecular flexibility index (Phi) is 6.63. The van der Waals surface area contributed by atoms with Crippen molar-refractivity contribution in [2.45, 2.75) is 24.7 Å². The smallest absolute Gasteiger partial charge is 0.241 e. The van der Waals surface area contributed by atoms with Crippen LogP contribution in [0.1, 0.15) is 25.3 Å². The lowest BCUT2D eigenvalue weighted by Gasteiger charge is -2.14. The molecule has 2 aromatic rings. The first kappa shape index (κ1) is 20.2. The van der Waals surface area contributed by atoms with E-state index in [0.717, 1.165) is 5.56 Å². The number of halogens is 1. The molecule has 0 saturated heterocycles. The standard InChI is InChI=1S/C18H21ClN2O4S/c1-12(2)14-6-4-5-7-16(14)21-18(22)11-20-26(23,24)13-8-9-17(25-3)15(19)10-13/h4-10,12,20H,11H2,1-3H3,(H,21,22).